The molecule has 0 spiro atoms. The van der Waals surface area contributed by atoms with E-state index in [9.17, 15) is 9.18 Å². The summed E-state index contributed by atoms with van der Waals surface area (Å²) < 4.78 is 18.4. The minimum atomic E-state index is -0.429. The predicted octanol–water partition coefficient (Wildman–Crippen LogP) is 2.75. The topological polar surface area (TPSA) is 53.6 Å². The van der Waals surface area contributed by atoms with E-state index in [1.54, 1.807) is 12.1 Å². The van der Waals surface area contributed by atoms with Crippen LogP contribution in [0.2, 0.25) is 0 Å². The summed E-state index contributed by atoms with van der Waals surface area (Å²) in [5.41, 5.74) is 0.692. The number of nitrogens with zero attached hydrogens (tertiary/aromatic N) is 1. The Bertz CT molecular complexity index is 495. The minimum absolute atomic E-state index is 0.199. The molecule has 0 saturated carbocycles. The Morgan fingerprint density at radius 1 is 1.30 bits per heavy atom. The molecule has 0 bridgehead atoms. The van der Waals surface area contributed by atoms with Gasteiger partial charge in [0.25, 0.3) is 0 Å². The second-order valence-electron chi connectivity index (χ2n) is 5.86. The Balaban J connectivity index is 2.18. The zero-order valence-corrected chi connectivity index (χ0v) is 14.5. The van der Waals surface area contributed by atoms with E-state index < -0.39 is 5.82 Å². The third-order valence-electron chi connectivity index (χ3n) is 3.77. The van der Waals surface area contributed by atoms with Crippen molar-refractivity contribution >= 4 is 6.03 Å². The van der Waals surface area contributed by atoms with Crippen LogP contribution in [0.1, 0.15) is 32.3 Å². The molecule has 130 valence electrons. The summed E-state index contributed by atoms with van der Waals surface area (Å²) in [5.74, 6) is -0.231. The van der Waals surface area contributed by atoms with Crippen molar-refractivity contribution in [2.45, 2.75) is 39.3 Å². The van der Waals surface area contributed by atoms with E-state index in [2.05, 4.69) is 36.4 Å². The summed E-state index contributed by atoms with van der Waals surface area (Å²) >= 11 is 0. The summed E-state index contributed by atoms with van der Waals surface area (Å²) in [5, 5.41) is 5.52. The van der Waals surface area contributed by atoms with Crippen LogP contribution in [0.25, 0.3) is 0 Å². The van der Waals surface area contributed by atoms with Crippen LogP contribution in [0.15, 0.2) is 18.2 Å². The van der Waals surface area contributed by atoms with Gasteiger partial charge in [0.2, 0.25) is 0 Å². The number of carbonyl (C=O) groups is 1. The second-order valence-corrected chi connectivity index (χ2v) is 5.86. The lowest BCUT2D eigenvalue weighted by atomic mass is 10.2. The number of methoxy groups -OCH3 is 1. The van der Waals surface area contributed by atoms with Gasteiger partial charge in [-0.1, -0.05) is 6.07 Å². The number of halogens is 1. The van der Waals surface area contributed by atoms with Gasteiger partial charge in [0.05, 0.1) is 7.11 Å². The van der Waals surface area contributed by atoms with Crippen molar-refractivity contribution in [3.05, 3.63) is 29.6 Å². The summed E-state index contributed by atoms with van der Waals surface area (Å²) in [6, 6.07) is 4.94. The van der Waals surface area contributed by atoms with Gasteiger partial charge >= 0.3 is 6.03 Å². The highest BCUT2D eigenvalue weighted by molar-refractivity contribution is 5.73. The number of hydrogen-bond acceptors (Lipinski definition) is 3. The summed E-state index contributed by atoms with van der Waals surface area (Å²) in [4.78, 5) is 14.0. The summed E-state index contributed by atoms with van der Waals surface area (Å²) in [6.45, 7) is 6.26. The number of hydrogen-bond donors (Lipinski definition) is 2. The summed E-state index contributed by atoms with van der Waals surface area (Å²) in [6.07, 6.45) is 1.97. The van der Waals surface area contributed by atoms with Crippen LogP contribution in [-0.4, -0.2) is 44.2 Å². The van der Waals surface area contributed by atoms with Gasteiger partial charge in [-0.3, -0.25) is 0 Å². The molecule has 2 amide bonds. The van der Waals surface area contributed by atoms with E-state index in [0.29, 0.717) is 18.2 Å². The first kappa shape index (κ1) is 19.2. The zero-order chi connectivity index (χ0) is 17.2. The fourth-order valence-electron chi connectivity index (χ4n) is 2.01. The number of carbonyl (C=O) groups excluding carboxylic acids is 1. The van der Waals surface area contributed by atoms with E-state index in [0.717, 1.165) is 19.4 Å². The average molecular weight is 325 g/mol. The molecule has 5 nitrogen and oxygen atoms in total. The van der Waals surface area contributed by atoms with Crippen LogP contribution >= 0.6 is 0 Å². The highest BCUT2D eigenvalue weighted by Crippen LogP contribution is 2.17. The number of nitrogens with one attached hydrogen (secondary N) is 2. The Labute approximate surface area is 138 Å². The number of ether oxygens (including phenoxy) is 1. The molecule has 1 rings (SSSR count). The van der Waals surface area contributed by atoms with E-state index in [-0.39, 0.29) is 18.3 Å². The van der Waals surface area contributed by atoms with E-state index >= 15 is 0 Å². The normalized spacial score (nSPS) is 10.9. The van der Waals surface area contributed by atoms with Crippen molar-refractivity contribution in [3.63, 3.8) is 0 Å². The van der Waals surface area contributed by atoms with Crippen molar-refractivity contribution in [1.29, 1.82) is 0 Å². The van der Waals surface area contributed by atoms with Gasteiger partial charge in [0.1, 0.15) is 0 Å². The number of urea groups is 1. The highest BCUT2D eigenvalue weighted by Gasteiger charge is 2.05. The fourth-order valence-corrected chi connectivity index (χ4v) is 2.01. The standard InChI is InChI=1S/C17H28FN3O2/c1-13(2)21(3)10-6-5-9-19-17(22)20-12-14-7-8-16(23-4)15(18)11-14/h7-8,11,13H,5-6,9-10,12H2,1-4H3,(H2,19,20,22). The van der Waals surface area contributed by atoms with Crippen molar-refractivity contribution in [2.75, 3.05) is 27.2 Å². The van der Waals surface area contributed by atoms with Gasteiger partial charge in [0.15, 0.2) is 11.6 Å². The molecule has 0 heterocycles. The van der Waals surface area contributed by atoms with Crippen molar-refractivity contribution < 1.29 is 13.9 Å². The van der Waals surface area contributed by atoms with E-state index in [4.69, 9.17) is 4.74 Å². The Morgan fingerprint density at radius 2 is 2.04 bits per heavy atom. The average Bonchev–Trinajstić information content (AvgIpc) is 2.52. The van der Waals surface area contributed by atoms with E-state index in [1.807, 2.05) is 0 Å². The fraction of sp³-hybridized carbons (Fsp3) is 0.588. The maximum atomic E-state index is 13.5. The molecule has 0 aromatic heterocycles. The molecule has 23 heavy (non-hydrogen) atoms. The predicted molar refractivity (Wildman–Crippen MR) is 90.2 cm³/mol. The van der Waals surface area contributed by atoms with Crippen LogP contribution < -0.4 is 15.4 Å². The lowest BCUT2D eigenvalue weighted by Crippen LogP contribution is -2.36. The molecule has 0 saturated heterocycles. The molecule has 0 atom stereocenters. The lowest BCUT2D eigenvalue weighted by Gasteiger charge is -2.20. The number of rotatable bonds is 9. The molecular formula is C17H28FN3O2. The van der Waals surface area contributed by atoms with E-state index in [1.165, 1.54) is 13.2 Å². The third kappa shape index (κ3) is 7.32. The van der Waals surface area contributed by atoms with Crippen LogP contribution in [0.4, 0.5) is 9.18 Å². The van der Waals surface area contributed by atoms with Crippen molar-refractivity contribution in [1.82, 2.24) is 15.5 Å². The monoisotopic (exact) mass is 325 g/mol. The highest BCUT2D eigenvalue weighted by atomic mass is 19.1. The van der Waals surface area contributed by atoms with Crippen LogP contribution in [0.3, 0.4) is 0 Å². The molecule has 0 aliphatic carbocycles. The Hall–Kier alpha value is -1.82. The van der Waals surface area contributed by atoms with Crippen molar-refractivity contribution in [3.8, 4) is 5.75 Å². The first-order valence-electron chi connectivity index (χ1n) is 7.98. The quantitative estimate of drug-likeness (QED) is 0.687. The zero-order valence-electron chi connectivity index (χ0n) is 14.5. The maximum Gasteiger partial charge on any atom is 0.315 e. The SMILES string of the molecule is COc1ccc(CNC(=O)NCCCCN(C)C(C)C)cc1F. The van der Waals surface area contributed by atoms with Gasteiger partial charge in [-0.2, -0.15) is 0 Å². The number of amides is 2. The molecule has 2 N–H and O–H groups in total. The Morgan fingerprint density at radius 3 is 2.65 bits per heavy atom. The van der Waals surface area contributed by atoms with Gasteiger partial charge in [-0.25, -0.2) is 9.18 Å². The van der Waals surface area contributed by atoms with Crippen LogP contribution in [-0.2, 0) is 6.54 Å². The van der Waals surface area contributed by atoms with Crippen LogP contribution in [0, 0.1) is 5.82 Å². The number of unbranched alkanes of at least 4 members (excludes halogenated alkanes) is 1. The maximum absolute atomic E-state index is 13.5. The molecule has 1 aromatic rings. The lowest BCUT2D eigenvalue weighted by molar-refractivity contribution is 0.239. The molecule has 6 heteroatoms. The minimum Gasteiger partial charge on any atom is -0.494 e. The largest absolute Gasteiger partial charge is 0.494 e. The summed E-state index contributed by atoms with van der Waals surface area (Å²) in [7, 11) is 3.52. The van der Waals surface area contributed by atoms with Crippen molar-refractivity contribution in [2.24, 2.45) is 0 Å². The smallest absolute Gasteiger partial charge is 0.315 e. The molecule has 0 fully saturated rings. The molecule has 1 aromatic carbocycles. The number of benzene rings is 1. The van der Waals surface area contributed by atoms with Gasteiger partial charge < -0.3 is 20.3 Å². The first-order chi connectivity index (χ1) is 10.9. The molecule has 0 aliphatic rings. The Kier molecular flexibility index (Phi) is 8.40. The van der Waals surface area contributed by atoms with Gasteiger partial charge in [-0.15, -0.1) is 0 Å². The molecule has 0 radical (unpaired) electrons. The molecule has 0 aliphatic heterocycles. The first-order valence-corrected chi connectivity index (χ1v) is 7.98. The second kappa shape index (κ2) is 10.0. The molecule has 0 unspecified atom stereocenters. The van der Waals surface area contributed by atoms with Crippen LogP contribution in [0.5, 0.6) is 5.75 Å². The van der Waals surface area contributed by atoms with Gasteiger partial charge in [-0.05, 0) is 58.0 Å². The third-order valence-corrected chi connectivity index (χ3v) is 3.77. The molecular weight excluding hydrogens is 297 g/mol. The van der Waals surface area contributed by atoms with Gasteiger partial charge in [0, 0.05) is 19.1 Å².